The average molecular weight is 239 g/mol. The molecule has 0 radical (unpaired) electrons. The van der Waals surface area contributed by atoms with Crippen molar-refractivity contribution < 1.29 is 4.79 Å². The Labute approximate surface area is 100 Å². The first-order valence-corrected chi connectivity index (χ1v) is 5.43. The van der Waals surface area contributed by atoms with E-state index in [1.54, 1.807) is 5.54 Å². The van der Waals surface area contributed by atoms with Crippen LogP contribution in [0, 0.1) is 0 Å². The smallest absolute Gasteiger partial charge is 0.221 e. The maximum atomic E-state index is 10.9. The quantitative estimate of drug-likeness (QED) is 0.846. The van der Waals surface area contributed by atoms with Crippen molar-refractivity contribution in [3.8, 4) is 0 Å². The summed E-state index contributed by atoms with van der Waals surface area (Å²) in [6.07, 6.45) is 0. The molecule has 4 heteroatoms. The van der Waals surface area contributed by atoms with Gasteiger partial charge in [-0.3, -0.25) is 4.79 Å². The highest BCUT2D eigenvalue weighted by Crippen LogP contribution is 2.15. The topological polar surface area (TPSA) is 41.1 Å². The van der Waals surface area contributed by atoms with Gasteiger partial charge in [0.1, 0.15) is 0 Å². The number of hydrogen-bond donors (Lipinski definition) is 2. The Balaban J connectivity index is 2.63. The summed E-state index contributed by atoms with van der Waals surface area (Å²) in [7, 11) is 0. The summed E-state index contributed by atoms with van der Waals surface area (Å²) < 4.78 is 0. The number of carbonyl (C=O) groups is 1. The number of halogens is 1. The van der Waals surface area contributed by atoms with Crippen molar-refractivity contribution in [2.45, 2.75) is 13.8 Å². The first-order valence-electron chi connectivity index (χ1n) is 4.99. The Morgan fingerprint density at radius 1 is 1.38 bits per heavy atom. The Hall–Kier alpha value is -1.48. The summed E-state index contributed by atoms with van der Waals surface area (Å²) in [5.74, 6) is -0.0750. The number of carbonyl (C=O) groups excluding carboxylic acids is 1. The predicted octanol–water partition coefficient (Wildman–Crippen LogP) is 3.20. The van der Waals surface area contributed by atoms with Crippen LogP contribution in [0.1, 0.15) is 13.8 Å². The highest BCUT2D eigenvalue weighted by molar-refractivity contribution is 6.25. The lowest BCUT2D eigenvalue weighted by Crippen LogP contribution is -2.07. The Kier molecular flexibility index (Phi) is 4.86. The van der Waals surface area contributed by atoms with Gasteiger partial charge in [0.15, 0.2) is 0 Å². The van der Waals surface area contributed by atoms with Crippen molar-refractivity contribution in [1.29, 1.82) is 0 Å². The fraction of sp³-hybridized carbons (Fsp3) is 0.250. The molecule has 0 aromatic heterocycles. The van der Waals surface area contributed by atoms with E-state index in [2.05, 4.69) is 10.6 Å². The standard InChI is InChI=1S/C12H15ClN2O/c1-9(7-13)8-14-11-4-3-5-12(6-11)15-10(2)16/h3-7,14H,8H2,1-2H3,(H,15,16)/b9-7+. The van der Waals surface area contributed by atoms with Gasteiger partial charge >= 0.3 is 0 Å². The number of benzene rings is 1. The van der Waals surface area contributed by atoms with Crippen LogP contribution in [-0.4, -0.2) is 12.5 Å². The van der Waals surface area contributed by atoms with E-state index in [4.69, 9.17) is 11.6 Å². The second kappa shape index (κ2) is 6.18. The SMILES string of the molecule is CC(=O)Nc1cccc(NC/C(C)=C/Cl)c1. The van der Waals surface area contributed by atoms with Crippen molar-refractivity contribution in [2.75, 3.05) is 17.2 Å². The molecule has 0 unspecified atom stereocenters. The van der Waals surface area contributed by atoms with Crippen molar-refractivity contribution in [1.82, 2.24) is 0 Å². The van der Waals surface area contributed by atoms with Crippen LogP contribution in [0.3, 0.4) is 0 Å². The zero-order chi connectivity index (χ0) is 12.0. The molecule has 0 saturated carbocycles. The van der Waals surface area contributed by atoms with Crippen molar-refractivity contribution >= 4 is 28.9 Å². The molecule has 0 aliphatic carbocycles. The molecule has 2 N–H and O–H groups in total. The van der Waals surface area contributed by atoms with Crippen LogP contribution in [0.15, 0.2) is 35.4 Å². The molecule has 0 saturated heterocycles. The van der Waals surface area contributed by atoms with Gasteiger partial charge < -0.3 is 10.6 Å². The molecule has 0 heterocycles. The lowest BCUT2D eigenvalue weighted by molar-refractivity contribution is -0.114. The molecule has 1 aromatic rings. The van der Waals surface area contributed by atoms with E-state index >= 15 is 0 Å². The summed E-state index contributed by atoms with van der Waals surface area (Å²) in [6.45, 7) is 4.12. The third-order valence-corrected chi connectivity index (χ3v) is 2.31. The van der Waals surface area contributed by atoms with Gasteiger partial charge in [-0.05, 0) is 30.7 Å². The van der Waals surface area contributed by atoms with Crippen LogP contribution in [0.5, 0.6) is 0 Å². The van der Waals surface area contributed by atoms with Gasteiger partial charge in [0, 0.05) is 30.4 Å². The summed E-state index contributed by atoms with van der Waals surface area (Å²) in [6, 6.07) is 7.54. The largest absolute Gasteiger partial charge is 0.381 e. The van der Waals surface area contributed by atoms with E-state index in [-0.39, 0.29) is 5.91 Å². The van der Waals surface area contributed by atoms with Crippen LogP contribution in [0.2, 0.25) is 0 Å². The van der Waals surface area contributed by atoms with E-state index in [9.17, 15) is 4.79 Å². The Bertz CT molecular complexity index is 402. The molecule has 1 aromatic carbocycles. The van der Waals surface area contributed by atoms with Gasteiger partial charge in [-0.25, -0.2) is 0 Å². The number of nitrogens with one attached hydrogen (secondary N) is 2. The molecule has 0 aliphatic heterocycles. The van der Waals surface area contributed by atoms with E-state index in [0.717, 1.165) is 16.9 Å². The maximum absolute atomic E-state index is 10.9. The van der Waals surface area contributed by atoms with Crippen LogP contribution in [0.4, 0.5) is 11.4 Å². The molecule has 0 atom stereocenters. The molecule has 86 valence electrons. The van der Waals surface area contributed by atoms with Crippen molar-refractivity contribution in [3.05, 3.63) is 35.4 Å². The fourth-order valence-corrected chi connectivity index (χ4v) is 1.27. The minimum atomic E-state index is -0.0750. The Morgan fingerprint density at radius 3 is 2.69 bits per heavy atom. The molecule has 0 spiro atoms. The summed E-state index contributed by atoms with van der Waals surface area (Å²) in [4.78, 5) is 10.9. The van der Waals surface area contributed by atoms with Crippen LogP contribution in [-0.2, 0) is 4.79 Å². The second-order valence-electron chi connectivity index (χ2n) is 3.57. The average Bonchev–Trinajstić information content (AvgIpc) is 2.25. The minimum absolute atomic E-state index is 0.0750. The molecule has 1 rings (SSSR count). The van der Waals surface area contributed by atoms with Gasteiger partial charge in [0.25, 0.3) is 0 Å². The van der Waals surface area contributed by atoms with E-state index in [1.807, 2.05) is 31.2 Å². The van der Waals surface area contributed by atoms with E-state index in [1.165, 1.54) is 6.92 Å². The molecule has 0 aliphatic rings. The van der Waals surface area contributed by atoms with Crippen LogP contribution >= 0.6 is 11.6 Å². The molecular weight excluding hydrogens is 224 g/mol. The van der Waals surface area contributed by atoms with Crippen LogP contribution < -0.4 is 10.6 Å². The second-order valence-corrected chi connectivity index (χ2v) is 3.79. The summed E-state index contributed by atoms with van der Waals surface area (Å²) in [5.41, 5.74) is 4.32. The maximum Gasteiger partial charge on any atom is 0.221 e. The molecular formula is C12H15ClN2O. The fourth-order valence-electron chi connectivity index (χ4n) is 1.19. The first-order chi connectivity index (χ1) is 7.61. The molecule has 3 nitrogen and oxygen atoms in total. The third-order valence-electron chi connectivity index (χ3n) is 1.94. The molecule has 0 fully saturated rings. The molecule has 0 bridgehead atoms. The van der Waals surface area contributed by atoms with Gasteiger partial charge in [-0.2, -0.15) is 0 Å². The third kappa shape index (κ3) is 4.36. The van der Waals surface area contributed by atoms with Gasteiger partial charge in [-0.1, -0.05) is 17.7 Å². The summed E-state index contributed by atoms with van der Waals surface area (Å²) >= 11 is 5.56. The zero-order valence-electron chi connectivity index (χ0n) is 9.38. The van der Waals surface area contributed by atoms with Crippen molar-refractivity contribution in [2.24, 2.45) is 0 Å². The number of hydrogen-bond acceptors (Lipinski definition) is 2. The number of amides is 1. The van der Waals surface area contributed by atoms with Crippen molar-refractivity contribution in [3.63, 3.8) is 0 Å². The normalized spacial score (nSPS) is 11.1. The number of rotatable bonds is 4. The predicted molar refractivity (Wildman–Crippen MR) is 68.8 cm³/mol. The minimum Gasteiger partial charge on any atom is -0.381 e. The molecule has 16 heavy (non-hydrogen) atoms. The van der Waals surface area contributed by atoms with Gasteiger partial charge in [0.05, 0.1) is 0 Å². The zero-order valence-corrected chi connectivity index (χ0v) is 10.1. The van der Waals surface area contributed by atoms with Crippen LogP contribution in [0.25, 0.3) is 0 Å². The highest BCUT2D eigenvalue weighted by Gasteiger charge is 1.97. The monoisotopic (exact) mass is 238 g/mol. The Morgan fingerprint density at radius 2 is 2.06 bits per heavy atom. The van der Waals surface area contributed by atoms with E-state index < -0.39 is 0 Å². The summed E-state index contributed by atoms with van der Waals surface area (Å²) in [5, 5.41) is 5.93. The molecule has 1 amide bonds. The van der Waals surface area contributed by atoms with Gasteiger partial charge in [-0.15, -0.1) is 0 Å². The lowest BCUT2D eigenvalue weighted by atomic mass is 10.2. The van der Waals surface area contributed by atoms with Gasteiger partial charge in [0.2, 0.25) is 5.91 Å². The highest BCUT2D eigenvalue weighted by atomic mass is 35.5. The first kappa shape index (κ1) is 12.6. The number of anilines is 2. The van der Waals surface area contributed by atoms with E-state index in [0.29, 0.717) is 6.54 Å². The lowest BCUT2D eigenvalue weighted by Gasteiger charge is -2.08.